The minimum atomic E-state index is -4.78. The van der Waals surface area contributed by atoms with Crippen LogP contribution in [0.25, 0.3) is 0 Å². The van der Waals surface area contributed by atoms with Crippen LogP contribution in [0.15, 0.2) is 53.6 Å². The van der Waals surface area contributed by atoms with Gasteiger partial charge < -0.3 is 18.9 Å². The average molecular weight is 596 g/mol. The van der Waals surface area contributed by atoms with E-state index in [4.69, 9.17) is 30.5 Å². The van der Waals surface area contributed by atoms with Gasteiger partial charge in [-0.25, -0.2) is 5.43 Å². The molecule has 218 valence electrons. The van der Waals surface area contributed by atoms with Crippen molar-refractivity contribution in [3.63, 3.8) is 0 Å². The third-order valence-corrected chi connectivity index (χ3v) is 5.57. The number of hydrogen-bond donors (Lipinski definition) is 1. The number of hydrogen-bond acceptors (Lipinski definition) is 8. The molecule has 10 nitrogen and oxygen atoms in total. The topological polar surface area (TPSA) is 122 Å². The van der Waals surface area contributed by atoms with E-state index in [9.17, 15) is 28.1 Å². The van der Waals surface area contributed by atoms with Crippen molar-refractivity contribution in [2.24, 2.45) is 5.10 Å². The molecule has 0 aromatic heterocycles. The summed E-state index contributed by atoms with van der Waals surface area (Å²) in [7, 11) is 1.27. The van der Waals surface area contributed by atoms with Gasteiger partial charge in [-0.2, -0.15) is 18.3 Å². The fourth-order valence-corrected chi connectivity index (χ4v) is 3.68. The van der Waals surface area contributed by atoms with Gasteiger partial charge in [0.15, 0.2) is 23.0 Å². The Bertz CT molecular complexity index is 1450. The molecule has 14 heteroatoms. The number of alkyl halides is 3. The number of ether oxygens (including phenoxy) is 4. The third kappa shape index (κ3) is 8.01. The van der Waals surface area contributed by atoms with Crippen LogP contribution in [-0.2, 0) is 6.18 Å². The number of halogens is 4. The van der Waals surface area contributed by atoms with E-state index in [-0.39, 0.29) is 22.1 Å². The van der Waals surface area contributed by atoms with Crippen LogP contribution in [0.2, 0.25) is 5.02 Å². The van der Waals surface area contributed by atoms with Crippen molar-refractivity contribution in [3.05, 3.63) is 80.4 Å². The van der Waals surface area contributed by atoms with Crippen molar-refractivity contribution in [2.45, 2.75) is 26.4 Å². The molecule has 0 fully saturated rings. The molecule has 3 aromatic rings. The smallest absolute Gasteiger partial charge is 0.416 e. The highest BCUT2D eigenvalue weighted by Gasteiger charge is 2.33. The lowest BCUT2D eigenvalue weighted by atomic mass is 10.1. The molecule has 0 aliphatic heterocycles. The summed E-state index contributed by atoms with van der Waals surface area (Å²) in [5.41, 5.74) is 0.874. The number of amides is 1. The Morgan fingerprint density at radius 2 is 1.78 bits per heavy atom. The van der Waals surface area contributed by atoms with Crippen LogP contribution in [0.5, 0.6) is 28.7 Å². The summed E-state index contributed by atoms with van der Waals surface area (Å²) in [5, 5.41) is 15.2. The molecule has 3 rings (SSSR count). The van der Waals surface area contributed by atoms with Crippen LogP contribution in [-0.4, -0.2) is 37.4 Å². The second-order valence-corrected chi connectivity index (χ2v) is 8.62. The molecule has 0 saturated heterocycles. The van der Waals surface area contributed by atoms with Crippen molar-refractivity contribution < 1.29 is 41.8 Å². The third-order valence-electron chi connectivity index (χ3n) is 5.29. The normalized spacial score (nSPS) is 11.3. The largest absolute Gasteiger partial charge is 0.493 e. The molecule has 0 atom stereocenters. The molecule has 41 heavy (non-hydrogen) atoms. The summed E-state index contributed by atoms with van der Waals surface area (Å²) in [4.78, 5) is 23.0. The molecule has 0 radical (unpaired) electrons. The standard InChI is InChI=1S/C27H25ClF3N3O7/c1-4-10-40-22-8-6-17(13-23(22)39-5-2)26(35)33-32-15-16-11-19(28)25(24(12-16)38-3)41-21-9-7-18(27(29,30)31)14-20(21)34(36)37/h6-9,11-15H,4-5,10H2,1-3H3,(H,33,35)/b32-15+. The molecule has 0 saturated carbocycles. The molecule has 0 bridgehead atoms. The summed E-state index contributed by atoms with van der Waals surface area (Å²) in [6.45, 7) is 4.64. The van der Waals surface area contributed by atoms with E-state index in [1.165, 1.54) is 31.5 Å². The highest BCUT2D eigenvalue weighted by molar-refractivity contribution is 6.32. The van der Waals surface area contributed by atoms with Crippen molar-refractivity contribution in [2.75, 3.05) is 20.3 Å². The highest BCUT2D eigenvalue weighted by atomic mass is 35.5. The quantitative estimate of drug-likeness (QED) is 0.136. The number of nitro groups is 1. The maximum Gasteiger partial charge on any atom is 0.416 e. The molecule has 3 aromatic carbocycles. The minimum absolute atomic E-state index is 0.00324. The van der Waals surface area contributed by atoms with Gasteiger partial charge in [-0.1, -0.05) is 18.5 Å². The van der Waals surface area contributed by atoms with Gasteiger partial charge in [0.25, 0.3) is 5.91 Å². The number of rotatable bonds is 12. The van der Waals surface area contributed by atoms with Gasteiger partial charge >= 0.3 is 11.9 Å². The highest BCUT2D eigenvalue weighted by Crippen LogP contribution is 2.43. The predicted molar refractivity (Wildman–Crippen MR) is 145 cm³/mol. The van der Waals surface area contributed by atoms with Crippen LogP contribution in [0.3, 0.4) is 0 Å². The molecular weight excluding hydrogens is 571 g/mol. The Balaban J connectivity index is 1.80. The molecule has 0 spiro atoms. The van der Waals surface area contributed by atoms with E-state index >= 15 is 0 Å². The fourth-order valence-electron chi connectivity index (χ4n) is 3.42. The van der Waals surface area contributed by atoms with Crippen LogP contribution in [0.4, 0.5) is 18.9 Å². The molecule has 0 aliphatic carbocycles. The number of nitrogens with zero attached hydrogens (tertiary/aromatic N) is 2. The van der Waals surface area contributed by atoms with Crippen molar-refractivity contribution in [1.29, 1.82) is 0 Å². The number of nitrogens with one attached hydrogen (secondary N) is 1. The van der Waals surface area contributed by atoms with Crippen LogP contribution >= 0.6 is 11.6 Å². The Kier molecular flexibility index (Phi) is 10.4. The van der Waals surface area contributed by atoms with E-state index < -0.39 is 34.0 Å². The molecule has 0 aliphatic rings. The fraction of sp³-hybridized carbons (Fsp3) is 0.259. The maximum absolute atomic E-state index is 13.0. The van der Waals surface area contributed by atoms with E-state index in [1.807, 2.05) is 6.92 Å². The summed E-state index contributed by atoms with van der Waals surface area (Å²) < 4.78 is 61.0. The number of carbonyl (C=O) groups excluding carboxylic acids is 1. The predicted octanol–water partition coefficient (Wildman–Crippen LogP) is 7.02. The van der Waals surface area contributed by atoms with E-state index in [2.05, 4.69) is 10.5 Å². The second kappa shape index (κ2) is 13.7. The molecule has 0 heterocycles. The lowest BCUT2D eigenvalue weighted by Gasteiger charge is -2.14. The number of nitro benzene ring substituents is 1. The van der Waals surface area contributed by atoms with Gasteiger partial charge in [0.1, 0.15) is 0 Å². The Hall–Kier alpha value is -4.52. The average Bonchev–Trinajstić information content (AvgIpc) is 2.93. The summed E-state index contributed by atoms with van der Waals surface area (Å²) in [6.07, 6.45) is -2.72. The SMILES string of the molecule is CCCOc1ccc(C(=O)N/N=C/c2cc(Cl)c(Oc3ccc(C(F)(F)F)cc3[N+](=O)[O-])c(OC)c2)cc1OCC. The van der Waals surface area contributed by atoms with Gasteiger partial charge in [-0.05, 0) is 61.4 Å². The van der Waals surface area contributed by atoms with Crippen molar-refractivity contribution in [1.82, 2.24) is 5.43 Å². The minimum Gasteiger partial charge on any atom is -0.493 e. The lowest BCUT2D eigenvalue weighted by Crippen LogP contribution is -2.17. The number of carbonyl (C=O) groups is 1. The Morgan fingerprint density at radius 3 is 2.41 bits per heavy atom. The van der Waals surface area contributed by atoms with Gasteiger partial charge in [0.2, 0.25) is 5.75 Å². The van der Waals surface area contributed by atoms with Crippen LogP contribution in [0.1, 0.15) is 41.8 Å². The van der Waals surface area contributed by atoms with Crippen LogP contribution in [0, 0.1) is 10.1 Å². The molecule has 1 amide bonds. The lowest BCUT2D eigenvalue weighted by molar-refractivity contribution is -0.385. The summed E-state index contributed by atoms with van der Waals surface area (Å²) in [5.74, 6) is -0.251. The zero-order valence-corrected chi connectivity index (χ0v) is 22.8. The van der Waals surface area contributed by atoms with E-state index in [0.29, 0.717) is 42.4 Å². The second-order valence-electron chi connectivity index (χ2n) is 8.22. The molecule has 1 N–H and O–H groups in total. The number of benzene rings is 3. The Labute approximate surface area is 237 Å². The van der Waals surface area contributed by atoms with E-state index in [0.717, 1.165) is 12.5 Å². The van der Waals surface area contributed by atoms with Gasteiger partial charge in [0, 0.05) is 11.6 Å². The van der Waals surface area contributed by atoms with Gasteiger partial charge in [-0.15, -0.1) is 0 Å². The Morgan fingerprint density at radius 1 is 1.05 bits per heavy atom. The summed E-state index contributed by atoms with van der Waals surface area (Å²) in [6, 6.07) is 9.32. The zero-order valence-electron chi connectivity index (χ0n) is 22.1. The summed E-state index contributed by atoms with van der Waals surface area (Å²) >= 11 is 6.30. The first kappa shape index (κ1) is 31.0. The van der Waals surface area contributed by atoms with Crippen molar-refractivity contribution >= 4 is 29.4 Å². The molecule has 0 unspecified atom stereocenters. The van der Waals surface area contributed by atoms with Crippen molar-refractivity contribution in [3.8, 4) is 28.7 Å². The first-order chi connectivity index (χ1) is 19.5. The van der Waals surface area contributed by atoms with E-state index in [1.54, 1.807) is 19.1 Å². The first-order valence-corrected chi connectivity index (χ1v) is 12.5. The van der Waals surface area contributed by atoms with Gasteiger partial charge in [-0.3, -0.25) is 14.9 Å². The molecular formula is C27H25ClF3N3O7. The van der Waals surface area contributed by atoms with Gasteiger partial charge in [0.05, 0.1) is 42.0 Å². The first-order valence-electron chi connectivity index (χ1n) is 12.1. The number of hydrazone groups is 1. The number of methoxy groups -OCH3 is 1. The van der Waals surface area contributed by atoms with Crippen LogP contribution < -0.4 is 24.4 Å². The zero-order chi connectivity index (χ0) is 30.2. The monoisotopic (exact) mass is 595 g/mol. The maximum atomic E-state index is 13.0.